The molecule has 0 saturated carbocycles. The minimum Gasteiger partial charge on any atom is -0.375 e. The van der Waals surface area contributed by atoms with Gasteiger partial charge in [0.05, 0.1) is 6.54 Å². The van der Waals surface area contributed by atoms with Crippen LogP contribution >= 0.6 is 11.6 Å². The van der Waals surface area contributed by atoms with Crippen LogP contribution < -0.4 is 11.1 Å². The molecule has 1 rings (SSSR count). The van der Waals surface area contributed by atoms with Crippen LogP contribution in [0.25, 0.3) is 0 Å². The molecule has 0 radical (unpaired) electrons. The van der Waals surface area contributed by atoms with E-state index in [9.17, 15) is 0 Å². The van der Waals surface area contributed by atoms with E-state index < -0.39 is 0 Å². The number of nitrogens with one attached hydrogen (secondary N) is 1. The SMILES string of the molecule is CCCNC(N)=NCC(OC)c1cccc(Cl)c1. The lowest BCUT2D eigenvalue weighted by Gasteiger charge is -2.14. The molecule has 0 amide bonds. The van der Waals surface area contributed by atoms with Crippen LogP contribution in [0.1, 0.15) is 25.0 Å². The first-order chi connectivity index (χ1) is 8.67. The van der Waals surface area contributed by atoms with Crippen molar-refractivity contribution in [2.45, 2.75) is 19.4 Å². The average Bonchev–Trinajstić information content (AvgIpc) is 2.37. The van der Waals surface area contributed by atoms with Gasteiger partial charge in [-0.1, -0.05) is 30.7 Å². The first-order valence-corrected chi connectivity index (χ1v) is 6.37. The number of halogens is 1. The fourth-order valence-electron chi connectivity index (χ4n) is 1.51. The van der Waals surface area contributed by atoms with Gasteiger partial charge in [0.2, 0.25) is 0 Å². The predicted molar refractivity (Wildman–Crippen MR) is 76.0 cm³/mol. The first-order valence-electron chi connectivity index (χ1n) is 5.99. The average molecular weight is 270 g/mol. The lowest BCUT2D eigenvalue weighted by molar-refractivity contribution is 0.111. The van der Waals surface area contributed by atoms with E-state index >= 15 is 0 Å². The van der Waals surface area contributed by atoms with Crippen LogP contribution in [0.2, 0.25) is 5.02 Å². The normalized spacial score (nSPS) is 13.4. The number of rotatable bonds is 6. The summed E-state index contributed by atoms with van der Waals surface area (Å²) in [6, 6.07) is 7.57. The molecule has 0 heterocycles. The Hall–Kier alpha value is -1.26. The Morgan fingerprint density at radius 1 is 1.56 bits per heavy atom. The van der Waals surface area contributed by atoms with Crippen molar-refractivity contribution in [3.8, 4) is 0 Å². The number of aliphatic imine (C=N–C) groups is 1. The molecule has 0 fully saturated rings. The molecule has 1 aromatic carbocycles. The lowest BCUT2D eigenvalue weighted by Crippen LogP contribution is -2.32. The maximum atomic E-state index is 5.95. The summed E-state index contributed by atoms with van der Waals surface area (Å²) in [6.45, 7) is 3.37. The van der Waals surface area contributed by atoms with E-state index in [1.807, 2.05) is 24.3 Å². The maximum absolute atomic E-state index is 5.95. The summed E-state index contributed by atoms with van der Waals surface area (Å²) >= 11 is 5.95. The Kier molecular flexibility index (Phi) is 6.54. The fraction of sp³-hybridized carbons (Fsp3) is 0.462. The number of methoxy groups -OCH3 is 1. The summed E-state index contributed by atoms with van der Waals surface area (Å²) in [5.74, 6) is 0.445. The monoisotopic (exact) mass is 269 g/mol. The quantitative estimate of drug-likeness (QED) is 0.616. The van der Waals surface area contributed by atoms with E-state index in [-0.39, 0.29) is 6.10 Å². The summed E-state index contributed by atoms with van der Waals surface area (Å²) in [4.78, 5) is 4.25. The van der Waals surface area contributed by atoms with E-state index in [0.29, 0.717) is 17.5 Å². The van der Waals surface area contributed by atoms with Gasteiger partial charge < -0.3 is 15.8 Å². The van der Waals surface area contributed by atoms with Crippen molar-refractivity contribution in [1.29, 1.82) is 0 Å². The largest absolute Gasteiger partial charge is 0.375 e. The van der Waals surface area contributed by atoms with Gasteiger partial charge in [-0.15, -0.1) is 0 Å². The third-order valence-corrected chi connectivity index (χ3v) is 2.72. The molecule has 0 aromatic heterocycles. The first kappa shape index (κ1) is 14.8. The molecule has 18 heavy (non-hydrogen) atoms. The highest BCUT2D eigenvalue weighted by molar-refractivity contribution is 6.30. The molecule has 1 aromatic rings. The van der Waals surface area contributed by atoms with Crippen LogP contribution in [-0.2, 0) is 4.74 Å². The van der Waals surface area contributed by atoms with E-state index in [0.717, 1.165) is 18.5 Å². The molecule has 0 aliphatic heterocycles. The highest BCUT2D eigenvalue weighted by Crippen LogP contribution is 2.20. The Labute approximate surface area is 113 Å². The highest BCUT2D eigenvalue weighted by Gasteiger charge is 2.10. The zero-order valence-corrected chi connectivity index (χ0v) is 11.6. The minimum absolute atomic E-state index is 0.134. The zero-order valence-electron chi connectivity index (χ0n) is 10.8. The molecule has 100 valence electrons. The van der Waals surface area contributed by atoms with Crippen molar-refractivity contribution in [2.24, 2.45) is 10.7 Å². The molecule has 5 heteroatoms. The van der Waals surface area contributed by atoms with Gasteiger partial charge in [0.1, 0.15) is 6.10 Å². The summed E-state index contributed by atoms with van der Waals surface area (Å²) < 4.78 is 5.40. The molecule has 1 atom stereocenters. The van der Waals surface area contributed by atoms with Crippen molar-refractivity contribution in [2.75, 3.05) is 20.2 Å². The molecule has 0 saturated heterocycles. The Balaban J connectivity index is 2.62. The molecule has 0 spiro atoms. The van der Waals surface area contributed by atoms with Gasteiger partial charge in [-0.25, -0.2) is 0 Å². The number of nitrogens with two attached hydrogens (primary N) is 1. The van der Waals surface area contributed by atoms with Gasteiger partial charge in [0.15, 0.2) is 5.96 Å². The number of ether oxygens (including phenoxy) is 1. The third kappa shape index (κ3) is 4.94. The van der Waals surface area contributed by atoms with Crippen LogP contribution in [0.4, 0.5) is 0 Å². The standard InChI is InChI=1S/C13H20ClN3O/c1-3-7-16-13(15)17-9-12(18-2)10-5-4-6-11(14)8-10/h4-6,8,12H,3,7,9H2,1-2H3,(H3,15,16,17). The second kappa shape index (κ2) is 7.95. The van der Waals surface area contributed by atoms with Gasteiger partial charge in [-0.2, -0.15) is 0 Å². The fourth-order valence-corrected chi connectivity index (χ4v) is 1.71. The molecule has 1 unspecified atom stereocenters. The van der Waals surface area contributed by atoms with Crippen molar-refractivity contribution < 1.29 is 4.74 Å². The topological polar surface area (TPSA) is 59.6 Å². The highest BCUT2D eigenvalue weighted by atomic mass is 35.5. The van der Waals surface area contributed by atoms with Crippen molar-refractivity contribution in [3.05, 3.63) is 34.9 Å². The van der Waals surface area contributed by atoms with Crippen molar-refractivity contribution >= 4 is 17.6 Å². The van der Waals surface area contributed by atoms with E-state index in [4.69, 9.17) is 22.1 Å². The number of benzene rings is 1. The Morgan fingerprint density at radius 3 is 2.94 bits per heavy atom. The van der Waals surface area contributed by atoms with E-state index in [1.165, 1.54) is 0 Å². The number of guanidine groups is 1. The second-order valence-electron chi connectivity index (χ2n) is 3.93. The van der Waals surface area contributed by atoms with Gasteiger partial charge >= 0.3 is 0 Å². The van der Waals surface area contributed by atoms with Crippen LogP contribution in [0.3, 0.4) is 0 Å². The van der Waals surface area contributed by atoms with Crippen LogP contribution in [-0.4, -0.2) is 26.2 Å². The molecule has 4 nitrogen and oxygen atoms in total. The number of hydrogen-bond acceptors (Lipinski definition) is 2. The summed E-state index contributed by atoms with van der Waals surface area (Å²) in [5.41, 5.74) is 6.73. The number of nitrogens with zero attached hydrogens (tertiary/aromatic N) is 1. The smallest absolute Gasteiger partial charge is 0.188 e. The summed E-state index contributed by atoms with van der Waals surface area (Å²) in [7, 11) is 1.65. The molecular formula is C13H20ClN3O. The van der Waals surface area contributed by atoms with Crippen molar-refractivity contribution in [3.63, 3.8) is 0 Å². The maximum Gasteiger partial charge on any atom is 0.188 e. The predicted octanol–water partition coefficient (Wildman–Crippen LogP) is 2.34. The van der Waals surface area contributed by atoms with Crippen LogP contribution in [0, 0.1) is 0 Å². The van der Waals surface area contributed by atoms with Gasteiger partial charge in [0.25, 0.3) is 0 Å². The molecule has 0 bridgehead atoms. The molecular weight excluding hydrogens is 250 g/mol. The molecule has 0 aliphatic rings. The Morgan fingerprint density at radius 2 is 2.33 bits per heavy atom. The summed E-state index contributed by atoms with van der Waals surface area (Å²) in [6.07, 6.45) is 0.878. The van der Waals surface area contributed by atoms with Crippen LogP contribution in [0.5, 0.6) is 0 Å². The van der Waals surface area contributed by atoms with Crippen LogP contribution in [0.15, 0.2) is 29.3 Å². The number of hydrogen-bond donors (Lipinski definition) is 2. The summed E-state index contributed by atoms with van der Waals surface area (Å²) in [5, 5.41) is 3.71. The molecule has 3 N–H and O–H groups in total. The van der Waals surface area contributed by atoms with Crippen molar-refractivity contribution in [1.82, 2.24) is 5.32 Å². The molecule has 0 aliphatic carbocycles. The van der Waals surface area contributed by atoms with Gasteiger partial charge in [-0.05, 0) is 24.1 Å². The van der Waals surface area contributed by atoms with Gasteiger partial charge in [-0.3, -0.25) is 4.99 Å². The van der Waals surface area contributed by atoms with E-state index in [1.54, 1.807) is 7.11 Å². The zero-order chi connectivity index (χ0) is 13.4. The minimum atomic E-state index is -0.134. The van der Waals surface area contributed by atoms with E-state index in [2.05, 4.69) is 17.2 Å². The third-order valence-electron chi connectivity index (χ3n) is 2.49. The Bertz CT molecular complexity index is 396. The second-order valence-corrected chi connectivity index (χ2v) is 4.37. The lowest BCUT2D eigenvalue weighted by atomic mass is 10.1. The van der Waals surface area contributed by atoms with Gasteiger partial charge in [0, 0.05) is 18.7 Å².